The van der Waals surface area contributed by atoms with Crippen molar-refractivity contribution in [2.45, 2.75) is 46.0 Å². The first-order valence-corrected chi connectivity index (χ1v) is 5.48. The van der Waals surface area contributed by atoms with Gasteiger partial charge in [-0.2, -0.15) is 0 Å². The second-order valence-corrected chi connectivity index (χ2v) is 3.96. The molecule has 76 valence electrons. The van der Waals surface area contributed by atoms with Gasteiger partial charge >= 0.3 is 0 Å². The van der Waals surface area contributed by atoms with Gasteiger partial charge in [0.1, 0.15) is 0 Å². The molecule has 0 spiro atoms. The minimum Gasteiger partial charge on any atom is -0.0883 e. The number of hydrogen-bond donors (Lipinski definition) is 0. The van der Waals surface area contributed by atoms with Crippen LogP contribution in [-0.2, 0) is 0 Å². The maximum absolute atomic E-state index is 3.90. The van der Waals surface area contributed by atoms with Crippen LogP contribution in [0.4, 0.5) is 0 Å². The molecular weight excluding hydrogens is 156 g/mol. The van der Waals surface area contributed by atoms with E-state index in [2.05, 4.69) is 33.8 Å². The van der Waals surface area contributed by atoms with Gasteiger partial charge in [-0.3, -0.25) is 0 Å². The molecule has 0 fully saturated rings. The lowest BCUT2D eigenvalue weighted by atomic mass is 9.89. The minimum atomic E-state index is 0.834. The van der Waals surface area contributed by atoms with Crippen molar-refractivity contribution in [3.8, 4) is 0 Å². The van der Waals surface area contributed by atoms with Crippen molar-refractivity contribution in [2.24, 2.45) is 11.8 Å². The first-order valence-electron chi connectivity index (χ1n) is 5.48. The normalized spacial score (nSPS) is 16.3. The fourth-order valence-electron chi connectivity index (χ4n) is 1.75. The summed E-state index contributed by atoms with van der Waals surface area (Å²) in [6.07, 6.45) is 10.3. The highest BCUT2D eigenvalue weighted by molar-refractivity contribution is 4.85. The fraction of sp³-hybridized carbons (Fsp3) is 0.692. The molecule has 0 bridgehead atoms. The van der Waals surface area contributed by atoms with Gasteiger partial charge in [0, 0.05) is 0 Å². The zero-order valence-electron chi connectivity index (χ0n) is 9.26. The Morgan fingerprint density at radius 1 is 1.38 bits per heavy atom. The molecule has 0 saturated carbocycles. The number of rotatable bonds is 7. The van der Waals surface area contributed by atoms with Gasteiger partial charge in [0.05, 0.1) is 0 Å². The molecule has 0 rings (SSSR count). The zero-order chi connectivity index (χ0) is 10.1. The van der Waals surface area contributed by atoms with Gasteiger partial charge < -0.3 is 0 Å². The van der Waals surface area contributed by atoms with E-state index < -0.39 is 0 Å². The first-order chi connectivity index (χ1) is 6.24. The van der Waals surface area contributed by atoms with E-state index in [1.807, 2.05) is 6.08 Å². The molecule has 0 saturated heterocycles. The van der Waals surface area contributed by atoms with Crippen LogP contribution in [-0.4, -0.2) is 0 Å². The Kier molecular flexibility index (Phi) is 8.18. The molecule has 0 aliphatic carbocycles. The predicted molar refractivity (Wildman–Crippen MR) is 61.3 cm³/mol. The van der Waals surface area contributed by atoms with Crippen molar-refractivity contribution in [1.29, 1.82) is 0 Å². The quantitative estimate of drug-likeness (QED) is 0.543. The van der Waals surface area contributed by atoms with Crippen LogP contribution in [0.25, 0.3) is 0 Å². The summed E-state index contributed by atoms with van der Waals surface area (Å²) < 4.78 is 0. The van der Waals surface area contributed by atoms with Crippen molar-refractivity contribution in [1.82, 2.24) is 0 Å². The van der Waals surface area contributed by atoms with Crippen molar-refractivity contribution in [3.63, 3.8) is 0 Å². The molecule has 0 aliphatic rings. The maximum atomic E-state index is 3.90. The lowest BCUT2D eigenvalue weighted by Gasteiger charge is -2.17. The molecular formula is C13H24. The summed E-state index contributed by atoms with van der Waals surface area (Å²) in [6.45, 7) is 12.2. The Morgan fingerprint density at radius 2 is 2.08 bits per heavy atom. The number of allylic oxidation sites excluding steroid dienone is 2. The van der Waals surface area contributed by atoms with Crippen LogP contribution in [0.5, 0.6) is 0 Å². The summed E-state index contributed by atoms with van der Waals surface area (Å²) >= 11 is 0. The van der Waals surface area contributed by atoms with E-state index in [0.29, 0.717) is 0 Å². The van der Waals surface area contributed by atoms with Crippen molar-refractivity contribution < 1.29 is 0 Å². The summed E-state index contributed by atoms with van der Waals surface area (Å²) in [5.41, 5.74) is 0. The molecule has 2 radical (unpaired) electrons. The van der Waals surface area contributed by atoms with Gasteiger partial charge in [-0.1, -0.05) is 52.2 Å². The Bertz CT molecular complexity index is 124. The summed E-state index contributed by atoms with van der Waals surface area (Å²) in [5.74, 6) is 1.68. The molecule has 0 aromatic rings. The van der Waals surface area contributed by atoms with Crippen molar-refractivity contribution in [2.75, 3.05) is 0 Å². The average Bonchev–Trinajstić information content (AvgIpc) is 2.12. The van der Waals surface area contributed by atoms with Crippen LogP contribution in [0.3, 0.4) is 0 Å². The summed E-state index contributed by atoms with van der Waals surface area (Å²) in [6, 6.07) is 0. The Labute approximate surface area is 84.4 Å². The van der Waals surface area contributed by atoms with Crippen LogP contribution >= 0.6 is 0 Å². The highest BCUT2D eigenvalue weighted by Gasteiger charge is 2.09. The van der Waals surface area contributed by atoms with E-state index >= 15 is 0 Å². The summed E-state index contributed by atoms with van der Waals surface area (Å²) in [5, 5.41) is 0. The summed E-state index contributed by atoms with van der Waals surface area (Å²) in [4.78, 5) is 0. The van der Waals surface area contributed by atoms with Crippen LogP contribution in [0.15, 0.2) is 12.2 Å². The average molecular weight is 180 g/mol. The van der Waals surface area contributed by atoms with Crippen molar-refractivity contribution >= 4 is 0 Å². The second-order valence-electron chi connectivity index (χ2n) is 3.96. The molecule has 0 aliphatic heterocycles. The van der Waals surface area contributed by atoms with E-state index in [1.54, 1.807) is 0 Å². The van der Waals surface area contributed by atoms with E-state index in [4.69, 9.17) is 0 Å². The highest BCUT2D eigenvalue weighted by Crippen LogP contribution is 2.22. The van der Waals surface area contributed by atoms with Crippen molar-refractivity contribution in [3.05, 3.63) is 26.0 Å². The molecule has 13 heavy (non-hydrogen) atoms. The highest BCUT2D eigenvalue weighted by atomic mass is 14.1. The smallest absolute Gasteiger partial charge is 0.0316 e. The first kappa shape index (κ1) is 12.7. The lowest BCUT2D eigenvalue weighted by Crippen LogP contribution is -2.04. The zero-order valence-corrected chi connectivity index (χ0v) is 9.26. The standard InChI is InChI=1S/C13H24/c1-5-8-10-13(7-3)11-12(4)9-6-2/h5,8,12-13H,1-2,6-7,9-11H2,3-4H3. The van der Waals surface area contributed by atoms with Crippen LogP contribution in [0.2, 0.25) is 0 Å². The van der Waals surface area contributed by atoms with Crippen LogP contribution < -0.4 is 0 Å². The maximum Gasteiger partial charge on any atom is -0.0316 e. The molecule has 2 atom stereocenters. The third-order valence-electron chi connectivity index (χ3n) is 2.65. The second kappa shape index (κ2) is 8.34. The van der Waals surface area contributed by atoms with E-state index in [0.717, 1.165) is 18.3 Å². The molecule has 0 aromatic carbocycles. The Hall–Kier alpha value is -0.260. The molecule has 0 amide bonds. The van der Waals surface area contributed by atoms with Gasteiger partial charge in [0.25, 0.3) is 0 Å². The Balaban J connectivity index is 3.68. The van der Waals surface area contributed by atoms with Gasteiger partial charge in [0.15, 0.2) is 0 Å². The molecule has 0 nitrogen and oxygen atoms in total. The lowest BCUT2D eigenvalue weighted by molar-refractivity contribution is 0.368. The van der Waals surface area contributed by atoms with Crippen LogP contribution in [0, 0.1) is 25.7 Å². The van der Waals surface area contributed by atoms with Crippen LogP contribution in [0.1, 0.15) is 46.0 Å². The van der Waals surface area contributed by atoms with E-state index in [1.165, 1.54) is 25.7 Å². The fourth-order valence-corrected chi connectivity index (χ4v) is 1.75. The molecule has 0 N–H and O–H groups in total. The molecule has 2 unspecified atom stereocenters. The van der Waals surface area contributed by atoms with E-state index in [-0.39, 0.29) is 0 Å². The molecule has 0 heterocycles. The SMILES string of the molecule is [CH2]C=CCC(CC)CC(C)CC[CH2]. The molecule has 0 heteroatoms. The van der Waals surface area contributed by atoms with E-state index in [9.17, 15) is 0 Å². The predicted octanol–water partition coefficient (Wildman–Crippen LogP) is 4.43. The third-order valence-corrected chi connectivity index (χ3v) is 2.65. The monoisotopic (exact) mass is 180 g/mol. The minimum absolute atomic E-state index is 0.834. The van der Waals surface area contributed by atoms with Gasteiger partial charge in [-0.15, -0.1) is 0 Å². The largest absolute Gasteiger partial charge is 0.0883 e. The third kappa shape index (κ3) is 6.86. The Morgan fingerprint density at radius 3 is 2.54 bits per heavy atom. The summed E-state index contributed by atoms with van der Waals surface area (Å²) in [7, 11) is 0. The molecule has 0 aromatic heterocycles. The van der Waals surface area contributed by atoms with Gasteiger partial charge in [0.2, 0.25) is 0 Å². The van der Waals surface area contributed by atoms with Gasteiger partial charge in [-0.05, 0) is 31.6 Å². The topological polar surface area (TPSA) is 0 Å². The van der Waals surface area contributed by atoms with Gasteiger partial charge in [-0.25, -0.2) is 0 Å². The number of hydrogen-bond acceptors (Lipinski definition) is 0.